The molecule has 0 nitrogen and oxygen atoms in total. The zero-order valence-electron chi connectivity index (χ0n) is 16.6. The van der Waals surface area contributed by atoms with Gasteiger partial charge in [-0.05, 0) is 50.0 Å². The minimum absolute atomic E-state index is 0. The topological polar surface area (TPSA) is 0 Å². The number of rotatable bonds is 3. The molecule has 3 aromatic carbocycles. The molecule has 3 atom stereocenters. The number of hydrogen-bond acceptors (Lipinski definition) is 0. The first-order chi connectivity index (χ1) is 13.9. The summed E-state index contributed by atoms with van der Waals surface area (Å²) in [4.78, 5) is 0. The maximum Gasteiger partial charge on any atom is 0.0867 e. The Labute approximate surface area is 186 Å². The fourth-order valence-electron chi connectivity index (χ4n) is 5.20. The maximum absolute atomic E-state index is 2.49. The number of hydrogen-bond donors (Lipinski definition) is 0. The van der Waals surface area contributed by atoms with Gasteiger partial charge in [0.25, 0.3) is 0 Å². The summed E-state index contributed by atoms with van der Waals surface area (Å²) in [5.74, 6) is 0. The fourth-order valence-corrected chi connectivity index (χ4v) is 9.18. The zero-order chi connectivity index (χ0) is 18.5. The van der Waals surface area contributed by atoms with Gasteiger partial charge in [0.05, 0.1) is 8.80 Å². The molecule has 0 spiro atoms. The summed E-state index contributed by atoms with van der Waals surface area (Å²) in [5.41, 5.74) is 10.4. The third-order valence-electron chi connectivity index (χ3n) is 6.48. The van der Waals surface area contributed by atoms with Gasteiger partial charge in [0, 0.05) is 18.9 Å². The van der Waals surface area contributed by atoms with Gasteiger partial charge in [-0.25, -0.2) is 0 Å². The van der Waals surface area contributed by atoms with Crippen LogP contribution in [0.5, 0.6) is 0 Å². The van der Waals surface area contributed by atoms with Gasteiger partial charge in [-0.2, -0.15) is 0 Å². The van der Waals surface area contributed by atoms with E-state index >= 15 is 0 Å². The summed E-state index contributed by atoms with van der Waals surface area (Å²) in [6.07, 6.45) is 14.5. The quantitative estimate of drug-likeness (QED) is 0.478. The van der Waals surface area contributed by atoms with Crippen molar-refractivity contribution in [3.8, 4) is 0 Å². The van der Waals surface area contributed by atoms with Gasteiger partial charge in [0.1, 0.15) is 0 Å². The SMILES string of the molecule is C1=CC([Si](C2C=Cc3ccccc32)C2C=Cc3ccccc32)c2ccccc21.[Li]. The predicted molar refractivity (Wildman–Crippen MR) is 126 cm³/mol. The van der Waals surface area contributed by atoms with Gasteiger partial charge >= 0.3 is 0 Å². The zero-order valence-corrected chi connectivity index (χ0v) is 17.6. The second-order valence-corrected chi connectivity index (χ2v) is 10.8. The van der Waals surface area contributed by atoms with Crippen molar-refractivity contribution >= 4 is 45.9 Å². The molecule has 3 unspecified atom stereocenters. The standard InChI is InChI=1S/C27H21Si.Li/c1-4-10-22-19(7-1)13-16-25(22)28(26-17-14-20-8-2-5-11-23(20)26)27-18-15-21-9-3-6-12-24(21)27;/h1-18,25-27H;. The molecule has 0 saturated carbocycles. The minimum atomic E-state index is -0.874. The molecule has 2 heteroatoms. The predicted octanol–water partition coefficient (Wildman–Crippen LogP) is 6.15. The molecule has 0 heterocycles. The Balaban J connectivity index is 0.00000181. The molecule has 3 aliphatic rings. The largest absolute Gasteiger partial charge is 0.0867 e. The molecule has 0 aromatic heterocycles. The van der Waals surface area contributed by atoms with E-state index in [1.807, 2.05) is 0 Å². The monoisotopic (exact) mass is 380 g/mol. The van der Waals surface area contributed by atoms with Gasteiger partial charge < -0.3 is 0 Å². The van der Waals surface area contributed by atoms with Gasteiger partial charge in [-0.3, -0.25) is 0 Å². The van der Waals surface area contributed by atoms with Crippen LogP contribution in [0.2, 0.25) is 0 Å². The molecule has 29 heavy (non-hydrogen) atoms. The Hall–Kier alpha value is -2.31. The number of fused-ring (bicyclic) bond motifs is 3. The molecule has 3 aliphatic carbocycles. The van der Waals surface area contributed by atoms with Crippen molar-refractivity contribution < 1.29 is 0 Å². The fraction of sp³-hybridized carbons (Fsp3) is 0.111. The van der Waals surface area contributed by atoms with Crippen LogP contribution in [-0.2, 0) is 0 Å². The first-order valence-corrected chi connectivity index (χ1v) is 11.8. The van der Waals surface area contributed by atoms with Gasteiger partial charge in [0.2, 0.25) is 0 Å². The summed E-state index contributed by atoms with van der Waals surface area (Å²) >= 11 is 0. The average molecular weight is 380 g/mol. The van der Waals surface area contributed by atoms with Crippen LogP contribution in [-0.4, -0.2) is 27.7 Å². The molecular formula is C27H21LiSi. The van der Waals surface area contributed by atoms with E-state index < -0.39 is 8.80 Å². The van der Waals surface area contributed by atoms with E-state index in [0.717, 1.165) is 0 Å². The molecule has 0 N–H and O–H groups in total. The Kier molecular flexibility index (Phi) is 4.84. The van der Waals surface area contributed by atoms with E-state index in [1.165, 1.54) is 33.4 Å². The van der Waals surface area contributed by atoms with Crippen molar-refractivity contribution in [3.63, 3.8) is 0 Å². The van der Waals surface area contributed by atoms with Crippen LogP contribution >= 0.6 is 0 Å². The molecule has 6 rings (SSSR count). The first kappa shape index (κ1) is 18.7. The van der Waals surface area contributed by atoms with Crippen molar-refractivity contribution in [1.29, 1.82) is 0 Å². The molecule has 0 bridgehead atoms. The van der Waals surface area contributed by atoms with Crippen molar-refractivity contribution in [2.75, 3.05) is 0 Å². The molecule has 3 aromatic rings. The third kappa shape index (κ3) is 2.97. The summed E-state index contributed by atoms with van der Waals surface area (Å²) in [6.45, 7) is 0. The van der Waals surface area contributed by atoms with Crippen LogP contribution in [0.3, 0.4) is 0 Å². The maximum atomic E-state index is 2.49. The van der Waals surface area contributed by atoms with Crippen molar-refractivity contribution in [1.82, 2.24) is 0 Å². The normalized spacial score (nSPS) is 22.4. The van der Waals surface area contributed by atoms with E-state index in [1.54, 1.807) is 0 Å². The molecule has 134 valence electrons. The smallest absolute Gasteiger partial charge is 0.0793 e. The molecular weight excluding hydrogens is 359 g/mol. The molecule has 0 fully saturated rings. The van der Waals surface area contributed by atoms with Crippen LogP contribution in [0.25, 0.3) is 18.2 Å². The van der Waals surface area contributed by atoms with Crippen LogP contribution in [0, 0.1) is 0 Å². The summed E-state index contributed by atoms with van der Waals surface area (Å²) in [5, 5.41) is 0. The van der Waals surface area contributed by atoms with E-state index in [0.29, 0.717) is 16.6 Å². The third-order valence-corrected chi connectivity index (χ3v) is 10.1. The summed E-state index contributed by atoms with van der Waals surface area (Å²) in [6, 6.07) is 26.9. The molecule has 0 aliphatic heterocycles. The van der Waals surface area contributed by atoms with Crippen molar-refractivity contribution in [2.45, 2.75) is 16.6 Å². The second kappa shape index (κ2) is 7.50. The summed E-state index contributed by atoms with van der Waals surface area (Å²) < 4.78 is 0. The number of allylic oxidation sites excluding steroid dienone is 3. The van der Waals surface area contributed by atoms with Crippen LogP contribution in [0.4, 0.5) is 0 Å². The number of benzene rings is 3. The van der Waals surface area contributed by atoms with E-state index in [2.05, 4.69) is 109 Å². The Morgan fingerprint density at radius 3 is 1.10 bits per heavy atom. The molecule has 0 saturated heterocycles. The van der Waals surface area contributed by atoms with Crippen molar-refractivity contribution in [2.24, 2.45) is 0 Å². The first-order valence-electron chi connectivity index (χ1n) is 10.1. The average Bonchev–Trinajstić information content (AvgIpc) is 3.47. The summed E-state index contributed by atoms with van der Waals surface area (Å²) in [7, 11) is -0.874. The Morgan fingerprint density at radius 1 is 0.448 bits per heavy atom. The minimum Gasteiger partial charge on any atom is -0.0793 e. The molecule has 2 radical (unpaired) electrons. The van der Waals surface area contributed by atoms with E-state index in [4.69, 9.17) is 0 Å². The van der Waals surface area contributed by atoms with Crippen LogP contribution < -0.4 is 0 Å². The van der Waals surface area contributed by atoms with Gasteiger partial charge in [-0.1, -0.05) is 109 Å². The van der Waals surface area contributed by atoms with Gasteiger partial charge in [-0.15, -0.1) is 0 Å². The van der Waals surface area contributed by atoms with Gasteiger partial charge in [0.15, 0.2) is 0 Å². The van der Waals surface area contributed by atoms with E-state index in [-0.39, 0.29) is 18.9 Å². The van der Waals surface area contributed by atoms with E-state index in [9.17, 15) is 0 Å². The Morgan fingerprint density at radius 2 is 0.759 bits per heavy atom. The second-order valence-electron chi connectivity index (χ2n) is 7.90. The van der Waals surface area contributed by atoms with Crippen molar-refractivity contribution in [3.05, 3.63) is 124 Å². The van der Waals surface area contributed by atoms with Crippen LogP contribution in [0.1, 0.15) is 50.0 Å². The Bertz CT molecular complexity index is 1010. The van der Waals surface area contributed by atoms with Crippen LogP contribution in [0.15, 0.2) is 91.0 Å². The molecule has 0 amide bonds.